The van der Waals surface area contributed by atoms with Gasteiger partial charge in [0, 0.05) is 0 Å². The maximum atomic E-state index is 9.16. The molecule has 2 atom stereocenters. The van der Waals surface area contributed by atoms with E-state index in [1.165, 1.54) is 11.1 Å². The summed E-state index contributed by atoms with van der Waals surface area (Å²) in [6.07, 6.45) is 0.906. The number of fused-ring (bicyclic) bond motifs is 1. The van der Waals surface area contributed by atoms with Crippen molar-refractivity contribution in [3.05, 3.63) is 41.1 Å². The molecule has 0 aliphatic heterocycles. The highest BCUT2D eigenvalue weighted by atomic mass is 16.6. The summed E-state index contributed by atoms with van der Waals surface area (Å²) in [5.74, 6) is 0.693. The van der Waals surface area contributed by atoms with Crippen molar-refractivity contribution >= 4 is 11.7 Å². The van der Waals surface area contributed by atoms with Gasteiger partial charge in [-0.3, -0.25) is 0 Å². The largest absolute Gasteiger partial charge is 0.409 e. The van der Waals surface area contributed by atoms with Crippen molar-refractivity contribution in [3.8, 4) is 0 Å². The first-order valence-corrected chi connectivity index (χ1v) is 6.36. The molecule has 0 bridgehead atoms. The maximum Gasteiger partial charge on any atom is 0.199 e. The lowest BCUT2D eigenvalue weighted by Crippen LogP contribution is -2.29. The molecule has 1 aromatic carbocycles. The summed E-state index contributed by atoms with van der Waals surface area (Å²) < 4.78 is 4.53. The van der Waals surface area contributed by atoms with E-state index in [0.29, 0.717) is 5.92 Å². The average Bonchev–Trinajstić information content (AvgIpc) is 3.01. The van der Waals surface area contributed by atoms with Gasteiger partial charge in [0.2, 0.25) is 0 Å². The van der Waals surface area contributed by atoms with E-state index in [4.69, 9.17) is 10.9 Å². The van der Waals surface area contributed by atoms with Gasteiger partial charge < -0.3 is 16.3 Å². The molecule has 0 saturated heterocycles. The van der Waals surface area contributed by atoms with Gasteiger partial charge in [0.15, 0.2) is 17.3 Å². The quantitative estimate of drug-likeness (QED) is 0.332. The number of aromatic nitrogens is 2. The predicted molar refractivity (Wildman–Crippen MR) is 72.4 cm³/mol. The Balaban J connectivity index is 1.87. The molecule has 1 aliphatic carbocycles. The molecule has 104 valence electrons. The summed E-state index contributed by atoms with van der Waals surface area (Å²) in [6.45, 7) is 2.17. The van der Waals surface area contributed by atoms with Crippen LogP contribution in [0.3, 0.4) is 0 Å². The van der Waals surface area contributed by atoms with Crippen LogP contribution < -0.4 is 11.1 Å². The second-order valence-corrected chi connectivity index (χ2v) is 4.91. The van der Waals surface area contributed by atoms with Crippen LogP contribution >= 0.6 is 0 Å². The fourth-order valence-electron chi connectivity index (χ4n) is 2.69. The van der Waals surface area contributed by atoms with Gasteiger partial charge in [0.05, 0.1) is 6.04 Å². The standard InChI is InChI=1S/C13H15N5O2/c1-7-6-10(9-5-3-2-4-8(7)9)15-13(16-19)11-12(14)18-20-17-11/h2-5,7,10,19H,6H2,1H3,(H2,14,18)(H,15,16). The summed E-state index contributed by atoms with van der Waals surface area (Å²) in [6, 6.07) is 8.24. The minimum Gasteiger partial charge on any atom is -0.409 e. The monoisotopic (exact) mass is 273 g/mol. The minimum atomic E-state index is 0.0446. The zero-order chi connectivity index (χ0) is 14.1. The van der Waals surface area contributed by atoms with E-state index in [-0.39, 0.29) is 23.4 Å². The van der Waals surface area contributed by atoms with Crippen LogP contribution in [0, 0.1) is 0 Å². The highest BCUT2D eigenvalue weighted by Crippen LogP contribution is 2.39. The Morgan fingerprint density at radius 3 is 2.80 bits per heavy atom. The second kappa shape index (κ2) is 4.84. The van der Waals surface area contributed by atoms with E-state index in [1.807, 2.05) is 12.1 Å². The molecule has 1 aliphatic rings. The number of hydrogen-bond donors (Lipinski definition) is 3. The van der Waals surface area contributed by atoms with Crippen molar-refractivity contribution in [2.75, 3.05) is 5.73 Å². The van der Waals surface area contributed by atoms with E-state index < -0.39 is 0 Å². The van der Waals surface area contributed by atoms with Crippen molar-refractivity contribution in [1.29, 1.82) is 0 Å². The molecule has 2 unspecified atom stereocenters. The SMILES string of the molecule is CC1CC(N/C(=N\O)c2nonc2N)c2ccccc21. The molecule has 1 heterocycles. The molecule has 0 fully saturated rings. The lowest BCUT2D eigenvalue weighted by atomic mass is 10.0. The third kappa shape index (κ3) is 1.97. The number of amidine groups is 1. The first kappa shape index (κ1) is 12.5. The van der Waals surface area contributed by atoms with E-state index in [2.05, 4.69) is 44.5 Å². The Kier molecular flexibility index (Phi) is 3.02. The number of anilines is 1. The molecule has 0 saturated carbocycles. The van der Waals surface area contributed by atoms with Crippen LogP contribution in [0.15, 0.2) is 34.1 Å². The molecule has 0 spiro atoms. The van der Waals surface area contributed by atoms with Crippen molar-refractivity contribution in [2.45, 2.75) is 25.3 Å². The van der Waals surface area contributed by atoms with E-state index in [9.17, 15) is 0 Å². The van der Waals surface area contributed by atoms with Crippen LogP contribution in [0.1, 0.15) is 42.1 Å². The van der Waals surface area contributed by atoms with Gasteiger partial charge in [-0.05, 0) is 33.8 Å². The van der Waals surface area contributed by atoms with Gasteiger partial charge in [0.1, 0.15) is 0 Å². The highest BCUT2D eigenvalue weighted by Gasteiger charge is 2.29. The fraction of sp³-hybridized carbons (Fsp3) is 0.308. The van der Waals surface area contributed by atoms with Gasteiger partial charge in [-0.15, -0.1) is 0 Å². The van der Waals surface area contributed by atoms with Gasteiger partial charge in [-0.1, -0.05) is 36.3 Å². The normalized spacial score (nSPS) is 21.8. The van der Waals surface area contributed by atoms with Crippen LogP contribution in [0.4, 0.5) is 5.82 Å². The van der Waals surface area contributed by atoms with Crippen LogP contribution in [-0.2, 0) is 0 Å². The Hall–Kier alpha value is -2.57. The highest BCUT2D eigenvalue weighted by molar-refractivity contribution is 6.00. The van der Waals surface area contributed by atoms with E-state index >= 15 is 0 Å². The molecule has 1 aromatic heterocycles. The molecule has 3 rings (SSSR count). The fourth-order valence-corrected chi connectivity index (χ4v) is 2.69. The second-order valence-electron chi connectivity index (χ2n) is 4.91. The molecule has 0 amide bonds. The number of nitrogens with two attached hydrogens (primary N) is 1. The van der Waals surface area contributed by atoms with Crippen LogP contribution in [0.2, 0.25) is 0 Å². The summed E-state index contributed by atoms with van der Waals surface area (Å²) in [5.41, 5.74) is 8.32. The topological polar surface area (TPSA) is 110 Å². The van der Waals surface area contributed by atoms with Crippen LogP contribution in [-0.4, -0.2) is 21.4 Å². The summed E-state index contributed by atoms with van der Waals surface area (Å²) in [5, 5.41) is 22.6. The maximum absolute atomic E-state index is 9.16. The molecular weight excluding hydrogens is 258 g/mol. The third-order valence-corrected chi connectivity index (χ3v) is 3.64. The lowest BCUT2D eigenvalue weighted by Gasteiger charge is -2.15. The number of hydrogen-bond acceptors (Lipinski definition) is 6. The molecule has 7 nitrogen and oxygen atoms in total. The van der Waals surface area contributed by atoms with Crippen molar-refractivity contribution < 1.29 is 9.84 Å². The summed E-state index contributed by atoms with van der Waals surface area (Å²) in [4.78, 5) is 0. The summed E-state index contributed by atoms with van der Waals surface area (Å²) >= 11 is 0. The van der Waals surface area contributed by atoms with Gasteiger partial charge in [-0.2, -0.15) is 0 Å². The Morgan fingerprint density at radius 2 is 2.15 bits per heavy atom. The molecule has 20 heavy (non-hydrogen) atoms. The lowest BCUT2D eigenvalue weighted by molar-refractivity contribution is 0.303. The van der Waals surface area contributed by atoms with Crippen molar-refractivity contribution in [3.63, 3.8) is 0 Å². The number of nitrogens with zero attached hydrogens (tertiary/aromatic N) is 3. The van der Waals surface area contributed by atoms with Gasteiger partial charge >= 0.3 is 0 Å². The van der Waals surface area contributed by atoms with E-state index in [0.717, 1.165) is 6.42 Å². The first-order valence-electron chi connectivity index (χ1n) is 6.36. The number of nitrogens with one attached hydrogen (secondary N) is 1. The molecule has 7 heteroatoms. The first-order chi connectivity index (χ1) is 9.70. The van der Waals surface area contributed by atoms with E-state index in [1.54, 1.807) is 0 Å². The average molecular weight is 273 g/mol. The molecule has 0 radical (unpaired) electrons. The summed E-state index contributed by atoms with van der Waals surface area (Å²) in [7, 11) is 0. The zero-order valence-electron chi connectivity index (χ0n) is 10.9. The Morgan fingerprint density at radius 1 is 1.40 bits per heavy atom. The van der Waals surface area contributed by atoms with Gasteiger partial charge in [0.25, 0.3) is 0 Å². The Bertz CT molecular complexity index is 652. The van der Waals surface area contributed by atoms with Crippen molar-refractivity contribution in [1.82, 2.24) is 15.6 Å². The van der Waals surface area contributed by atoms with Crippen molar-refractivity contribution in [2.24, 2.45) is 5.16 Å². The van der Waals surface area contributed by atoms with Crippen LogP contribution in [0.5, 0.6) is 0 Å². The minimum absolute atomic E-state index is 0.0446. The molecular formula is C13H15N5O2. The number of oxime groups is 1. The predicted octanol–water partition coefficient (Wildman–Crippen LogP) is 1.63. The molecule has 2 aromatic rings. The molecule has 4 N–H and O–H groups in total. The Labute approximate surface area is 115 Å². The number of nitrogen functional groups attached to an aromatic ring is 1. The smallest absolute Gasteiger partial charge is 0.199 e. The zero-order valence-corrected chi connectivity index (χ0v) is 10.9. The number of rotatable bonds is 2. The number of benzene rings is 1. The van der Waals surface area contributed by atoms with Gasteiger partial charge in [-0.25, -0.2) is 4.63 Å². The third-order valence-electron chi connectivity index (χ3n) is 3.64. The van der Waals surface area contributed by atoms with Crippen LogP contribution in [0.25, 0.3) is 0 Å².